The summed E-state index contributed by atoms with van der Waals surface area (Å²) >= 11 is 0. The Morgan fingerprint density at radius 2 is 2.27 bits per heavy atom. The minimum absolute atomic E-state index is 0.0839. The number of pyridine rings is 1. The Balaban J connectivity index is 2.14. The Hall–Kier alpha value is -3.09. The fourth-order valence-electron chi connectivity index (χ4n) is 2.21. The summed E-state index contributed by atoms with van der Waals surface area (Å²) in [4.78, 5) is 30.4. The van der Waals surface area contributed by atoms with Crippen LogP contribution in [0.25, 0.3) is 23.2 Å². The first kappa shape index (κ1) is 13.9. The van der Waals surface area contributed by atoms with Crippen LogP contribution in [0.3, 0.4) is 0 Å². The van der Waals surface area contributed by atoms with Crippen molar-refractivity contribution in [2.75, 3.05) is 7.11 Å². The van der Waals surface area contributed by atoms with Gasteiger partial charge in [-0.2, -0.15) is 0 Å². The zero-order chi connectivity index (χ0) is 15.5. The summed E-state index contributed by atoms with van der Waals surface area (Å²) in [6.45, 7) is 0. The van der Waals surface area contributed by atoms with Gasteiger partial charge in [-0.15, -0.1) is 0 Å². The molecule has 112 valence electrons. The fraction of sp³-hybridized carbons (Fsp3) is 0.133. The summed E-state index contributed by atoms with van der Waals surface area (Å²) in [6, 6.07) is 3.75. The lowest BCUT2D eigenvalue weighted by Gasteiger charge is -1.91. The molecule has 0 amide bonds. The Bertz CT molecular complexity index is 994. The Labute approximate surface area is 124 Å². The van der Waals surface area contributed by atoms with E-state index in [9.17, 15) is 9.59 Å². The number of methoxy groups -OCH3 is 1. The third-order valence-electron chi connectivity index (χ3n) is 3.33. The first-order valence-corrected chi connectivity index (χ1v) is 6.66. The molecule has 0 fully saturated rings. The average molecular weight is 298 g/mol. The summed E-state index contributed by atoms with van der Waals surface area (Å²) < 4.78 is 4.59. The van der Waals surface area contributed by atoms with Crippen molar-refractivity contribution in [1.29, 1.82) is 0 Å². The van der Waals surface area contributed by atoms with Crippen LogP contribution in [0.4, 0.5) is 0 Å². The molecule has 3 aromatic rings. The van der Waals surface area contributed by atoms with Crippen molar-refractivity contribution >= 4 is 29.2 Å². The Morgan fingerprint density at radius 3 is 3.09 bits per heavy atom. The van der Waals surface area contributed by atoms with Crippen LogP contribution in [0.5, 0.6) is 0 Å². The molecule has 0 bridgehead atoms. The molecule has 3 rings (SSSR count). The van der Waals surface area contributed by atoms with Gasteiger partial charge in [-0.1, -0.05) is 0 Å². The number of nitrogens with one attached hydrogen (secondary N) is 3. The molecular formula is C15H14N4O3. The molecule has 0 aromatic carbocycles. The van der Waals surface area contributed by atoms with Crippen LogP contribution >= 0.6 is 0 Å². The SMILES string of the molecule is COC(=O)C/C=c1\[nH][nH]c(=O)\c1=C/c1c[nH]c2ncccc12. The predicted molar refractivity (Wildman–Crippen MR) is 81.4 cm³/mol. The summed E-state index contributed by atoms with van der Waals surface area (Å²) in [6.07, 6.45) is 6.93. The molecule has 22 heavy (non-hydrogen) atoms. The predicted octanol–water partition coefficient (Wildman–Crippen LogP) is -0.248. The molecular weight excluding hydrogens is 284 g/mol. The minimum Gasteiger partial charge on any atom is -0.469 e. The third-order valence-corrected chi connectivity index (χ3v) is 3.33. The minimum atomic E-state index is -0.371. The second-order valence-corrected chi connectivity index (χ2v) is 4.68. The molecule has 0 atom stereocenters. The van der Waals surface area contributed by atoms with E-state index in [1.54, 1.807) is 24.5 Å². The van der Waals surface area contributed by atoms with Crippen molar-refractivity contribution in [3.63, 3.8) is 0 Å². The van der Waals surface area contributed by atoms with Gasteiger partial charge in [0.2, 0.25) is 0 Å². The molecule has 7 nitrogen and oxygen atoms in total. The molecule has 0 spiro atoms. The third kappa shape index (κ3) is 2.56. The topological polar surface area (TPSA) is 104 Å². The molecule has 0 unspecified atom stereocenters. The van der Waals surface area contributed by atoms with Crippen LogP contribution in [-0.2, 0) is 9.53 Å². The fourth-order valence-corrected chi connectivity index (χ4v) is 2.21. The van der Waals surface area contributed by atoms with Crippen LogP contribution < -0.4 is 16.1 Å². The highest BCUT2D eigenvalue weighted by molar-refractivity contribution is 5.85. The van der Waals surface area contributed by atoms with Gasteiger partial charge in [-0.05, 0) is 24.3 Å². The molecule has 0 saturated heterocycles. The van der Waals surface area contributed by atoms with Crippen LogP contribution in [-0.4, -0.2) is 33.2 Å². The molecule has 0 aliphatic rings. The lowest BCUT2D eigenvalue weighted by Crippen LogP contribution is -2.33. The number of hydrogen-bond donors (Lipinski definition) is 3. The highest BCUT2D eigenvalue weighted by atomic mass is 16.5. The van der Waals surface area contributed by atoms with Crippen LogP contribution in [0, 0.1) is 0 Å². The van der Waals surface area contributed by atoms with Crippen molar-refractivity contribution in [3.8, 4) is 0 Å². The van der Waals surface area contributed by atoms with E-state index in [-0.39, 0.29) is 17.9 Å². The van der Waals surface area contributed by atoms with Crippen molar-refractivity contribution in [3.05, 3.63) is 51.0 Å². The van der Waals surface area contributed by atoms with Gasteiger partial charge in [0.25, 0.3) is 5.56 Å². The summed E-state index contributed by atoms with van der Waals surface area (Å²) in [5.41, 5.74) is 1.34. The maximum absolute atomic E-state index is 11.9. The highest BCUT2D eigenvalue weighted by Crippen LogP contribution is 2.15. The second kappa shape index (κ2) is 5.72. The van der Waals surface area contributed by atoms with Crippen LogP contribution in [0.15, 0.2) is 29.3 Å². The van der Waals surface area contributed by atoms with Gasteiger partial charge in [0.15, 0.2) is 0 Å². The number of rotatable bonds is 3. The number of fused-ring (bicyclic) bond motifs is 1. The number of nitrogens with zero attached hydrogens (tertiary/aromatic N) is 1. The summed E-state index contributed by atoms with van der Waals surface area (Å²) in [7, 11) is 1.32. The largest absolute Gasteiger partial charge is 0.469 e. The van der Waals surface area contributed by atoms with Crippen molar-refractivity contribution < 1.29 is 9.53 Å². The molecule has 3 aromatic heterocycles. The van der Waals surface area contributed by atoms with Gasteiger partial charge in [-0.3, -0.25) is 19.8 Å². The maximum Gasteiger partial charge on any atom is 0.309 e. The first-order valence-electron chi connectivity index (χ1n) is 6.66. The highest BCUT2D eigenvalue weighted by Gasteiger charge is 2.03. The van der Waals surface area contributed by atoms with Crippen molar-refractivity contribution in [2.45, 2.75) is 6.42 Å². The Morgan fingerprint density at radius 1 is 1.41 bits per heavy atom. The van der Waals surface area contributed by atoms with E-state index in [0.29, 0.717) is 10.6 Å². The maximum atomic E-state index is 11.9. The van der Waals surface area contributed by atoms with Crippen molar-refractivity contribution in [1.82, 2.24) is 20.2 Å². The first-order chi connectivity index (χ1) is 10.7. The van der Waals surface area contributed by atoms with E-state index in [4.69, 9.17) is 0 Å². The molecule has 0 radical (unpaired) electrons. The van der Waals surface area contributed by atoms with E-state index in [2.05, 4.69) is 24.9 Å². The number of carbonyl (C=O) groups excluding carboxylic acids is 1. The second-order valence-electron chi connectivity index (χ2n) is 4.68. The molecule has 0 aliphatic heterocycles. The zero-order valence-corrected chi connectivity index (χ0v) is 11.8. The number of hydrogen-bond acceptors (Lipinski definition) is 4. The normalized spacial score (nSPS) is 13.0. The molecule has 3 N–H and O–H groups in total. The van der Waals surface area contributed by atoms with E-state index in [1.807, 2.05) is 12.1 Å². The quantitative estimate of drug-likeness (QED) is 0.580. The smallest absolute Gasteiger partial charge is 0.309 e. The van der Waals surface area contributed by atoms with Gasteiger partial charge < -0.3 is 9.72 Å². The van der Waals surface area contributed by atoms with Gasteiger partial charge in [0.05, 0.1) is 24.1 Å². The van der Waals surface area contributed by atoms with E-state index in [1.165, 1.54) is 7.11 Å². The van der Waals surface area contributed by atoms with Crippen LogP contribution in [0.2, 0.25) is 0 Å². The molecule has 7 heteroatoms. The standard InChI is InChI=1S/C15H14N4O3/c1-22-13(20)5-4-12-11(15(21)19-18-12)7-9-8-17-14-10(9)3-2-6-16-14/h2-4,6-8,18H,5H2,1H3,(H,16,17)(H,19,21)/b11-7-,12-4-. The summed E-state index contributed by atoms with van der Waals surface area (Å²) in [5.74, 6) is -0.371. The number of ether oxygens (including phenoxy) is 1. The number of esters is 1. The lowest BCUT2D eigenvalue weighted by molar-refractivity contribution is -0.139. The number of aromatic nitrogens is 4. The van der Waals surface area contributed by atoms with E-state index >= 15 is 0 Å². The Kier molecular flexibility index (Phi) is 3.61. The molecule has 0 saturated carbocycles. The molecule has 3 heterocycles. The lowest BCUT2D eigenvalue weighted by atomic mass is 10.2. The van der Waals surface area contributed by atoms with Crippen LogP contribution in [0.1, 0.15) is 12.0 Å². The zero-order valence-electron chi connectivity index (χ0n) is 11.8. The summed E-state index contributed by atoms with van der Waals surface area (Å²) in [5, 5.41) is 7.20. The van der Waals surface area contributed by atoms with E-state index in [0.717, 1.165) is 16.6 Å². The van der Waals surface area contributed by atoms with Gasteiger partial charge >= 0.3 is 5.97 Å². The van der Waals surface area contributed by atoms with Gasteiger partial charge in [0, 0.05) is 23.3 Å². The van der Waals surface area contributed by atoms with Crippen molar-refractivity contribution in [2.24, 2.45) is 0 Å². The van der Waals surface area contributed by atoms with Gasteiger partial charge in [-0.25, -0.2) is 4.98 Å². The monoisotopic (exact) mass is 298 g/mol. The number of H-pyrrole nitrogens is 3. The molecule has 0 aliphatic carbocycles. The number of aromatic amines is 3. The van der Waals surface area contributed by atoms with Gasteiger partial charge in [0.1, 0.15) is 5.65 Å². The number of carbonyl (C=O) groups is 1. The van der Waals surface area contributed by atoms with E-state index < -0.39 is 0 Å². The average Bonchev–Trinajstić information content (AvgIpc) is 3.10.